The molecule has 0 radical (unpaired) electrons. The lowest BCUT2D eigenvalue weighted by atomic mass is 9.69. The molecule has 0 saturated heterocycles. The lowest BCUT2D eigenvalue weighted by Crippen LogP contribution is -2.39. The fourth-order valence-electron chi connectivity index (χ4n) is 2.70. The van der Waals surface area contributed by atoms with Crippen LogP contribution in [0.4, 0.5) is 0 Å². The molecule has 96 valence electrons. The van der Waals surface area contributed by atoms with Gasteiger partial charge in [-0.05, 0) is 43.9 Å². The van der Waals surface area contributed by atoms with Gasteiger partial charge in [-0.25, -0.2) is 0 Å². The molecular formula is C14H29NO. The van der Waals surface area contributed by atoms with Gasteiger partial charge in [0.25, 0.3) is 0 Å². The second kappa shape index (κ2) is 6.02. The van der Waals surface area contributed by atoms with E-state index in [0.717, 1.165) is 12.5 Å². The Morgan fingerprint density at radius 3 is 2.25 bits per heavy atom. The summed E-state index contributed by atoms with van der Waals surface area (Å²) in [5.74, 6) is 0.891. The smallest absolute Gasteiger partial charge is 0.0636 e. The number of hydrogen-bond acceptors (Lipinski definition) is 2. The van der Waals surface area contributed by atoms with E-state index in [0.29, 0.717) is 11.5 Å². The van der Waals surface area contributed by atoms with Gasteiger partial charge in [-0.3, -0.25) is 0 Å². The molecule has 1 fully saturated rings. The third-order valence-electron chi connectivity index (χ3n) is 4.45. The Bertz CT molecular complexity index is 193. The molecule has 0 spiro atoms. The Kier molecular flexibility index (Phi) is 5.26. The van der Waals surface area contributed by atoms with E-state index in [1.54, 1.807) is 0 Å². The predicted octanol–water partition coefficient (Wildman–Crippen LogP) is 2.95. The molecule has 2 N–H and O–H groups in total. The molecule has 0 bridgehead atoms. The minimum Gasteiger partial charge on any atom is -0.392 e. The van der Waals surface area contributed by atoms with Crippen LogP contribution in [0.1, 0.15) is 59.8 Å². The molecule has 0 heterocycles. The van der Waals surface area contributed by atoms with Gasteiger partial charge in [0.1, 0.15) is 0 Å². The van der Waals surface area contributed by atoms with Crippen LogP contribution in [-0.4, -0.2) is 23.8 Å². The summed E-state index contributed by atoms with van der Waals surface area (Å²) in [5.41, 5.74) is 0.509. The van der Waals surface area contributed by atoms with Crippen molar-refractivity contribution in [3.63, 3.8) is 0 Å². The second-order valence-corrected chi connectivity index (χ2v) is 6.15. The molecule has 0 aliphatic heterocycles. The van der Waals surface area contributed by atoms with E-state index in [1.807, 2.05) is 6.92 Å². The summed E-state index contributed by atoms with van der Waals surface area (Å²) in [4.78, 5) is 0. The number of hydrogen-bond donors (Lipinski definition) is 2. The quantitative estimate of drug-likeness (QED) is 0.757. The van der Waals surface area contributed by atoms with Gasteiger partial charge in [0.05, 0.1) is 6.10 Å². The first-order valence-electron chi connectivity index (χ1n) is 6.87. The van der Waals surface area contributed by atoms with Gasteiger partial charge in [-0.1, -0.05) is 27.2 Å². The maximum atomic E-state index is 9.24. The minimum absolute atomic E-state index is 0.218. The van der Waals surface area contributed by atoms with E-state index in [2.05, 4.69) is 26.1 Å². The lowest BCUT2D eigenvalue weighted by Gasteiger charge is -2.39. The van der Waals surface area contributed by atoms with Crippen molar-refractivity contribution in [3.8, 4) is 0 Å². The van der Waals surface area contributed by atoms with Crippen molar-refractivity contribution in [2.24, 2.45) is 11.3 Å². The number of aliphatic hydroxyl groups is 1. The molecule has 0 unspecified atom stereocenters. The zero-order valence-electron chi connectivity index (χ0n) is 11.4. The van der Waals surface area contributed by atoms with Crippen LogP contribution in [0, 0.1) is 11.3 Å². The SMILES string of the molecule is CCC(C)(C)C1CCC(NC[C@@H](C)O)CC1. The van der Waals surface area contributed by atoms with Gasteiger partial charge in [0.2, 0.25) is 0 Å². The van der Waals surface area contributed by atoms with Crippen LogP contribution in [0.2, 0.25) is 0 Å². The molecule has 1 rings (SSSR count). The first-order chi connectivity index (χ1) is 7.45. The maximum Gasteiger partial charge on any atom is 0.0636 e. The first kappa shape index (κ1) is 14.0. The Morgan fingerprint density at radius 1 is 1.25 bits per heavy atom. The van der Waals surface area contributed by atoms with Crippen molar-refractivity contribution in [1.82, 2.24) is 5.32 Å². The zero-order chi connectivity index (χ0) is 12.2. The molecule has 0 amide bonds. The van der Waals surface area contributed by atoms with Gasteiger partial charge in [-0.2, -0.15) is 0 Å². The molecule has 16 heavy (non-hydrogen) atoms. The predicted molar refractivity (Wildman–Crippen MR) is 69.5 cm³/mol. The zero-order valence-corrected chi connectivity index (χ0v) is 11.4. The van der Waals surface area contributed by atoms with E-state index in [4.69, 9.17) is 0 Å². The molecule has 2 nitrogen and oxygen atoms in total. The monoisotopic (exact) mass is 227 g/mol. The van der Waals surface area contributed by atoms with Crippen molar-refractivity contribution in [2.45, 2.75) is 71.9 Å². The maximum absolute atomic E-state index is 9.24. The van der Waals surface area contributed by atoms with Gasteiger partial charge in [0.15, 0.2) is 0 Å². The fourth-order valence-corrected chi connectivity index (χ4v) is 2.70. The van der Waals surface area contributed by atoms with Crippen LogP contribution in [0.15, 0.2) is 0 Å². The average molecular weight is 227 g/mol. The van der Waals surface area contributed by atoms with Gasteiger partial charge in [-0.15, -0.1) is 0 Å². The van der Waals surface area contributed by atoms with Crippen LogP contribution < -0.4 is 5.32 Å². The Balaban J connectivity index is 2.28. The summed E-state index contributed by atoms with van der Waals surface area (Å²) in [7, 11) is 0. The standard InChI is InChI=1S/C14H29NO/c1-5-14(3,4)12-6-8-13(9-7-12)15-10-11(2)16/h11-13,15-16H,5-10H2,1-4H3/t11-,12?,13?/m1/s1. The molecule has 2 heteroatoms. The Hall–Kier alpha value is -0.0800. The van der Waals surface area contributed by atoms with Gasteiger partial charge in [0, 0.05) is 12.6 Å². The Labute approximate surface area is 101 Å². The third-order valence-corrected chi connectivity index (χ3v) is 4.45. The Morgan fingerprint density at radius 2 is 1.81 bits per heavy atom. The molecule has 1 aliphatic rings. The average Bonchev–Trinajstić information content (AvgIpc) is 2.27. The summed E-state index contributed by atoms with van der Waals surface area (Å²) in [6.07, 6.45) is 6.31. The fraction of sp³-hybridized carbons (Fsp3) is 1.00. The third kappa shape index (κ3) is 4.06. The van der Waals surface area contributed by atoms with E-state index in [9.17, 15) is 5.11 Å². The summed E-state index contributed by atoms with van der Waals surface area (Å²) in [6.45, 7) is 9.70. The van der Waals surface area contributed by atoms with Crippen molar-refractivity contribution < 1.29 is 5.11 Å². The number of nitrogens with one attached hydrogen (secondary N) is 1. The van der Waals surface area contributed by atoms with Crippen LogP contribution in [0.3, 0.4) is 0 Å². The summed E-state index contributed by atoms with van der Waals surface area (Å²) >= 11 is 0. The first-order valence-corrected chi connectivity index (χ1v) is 6.87. The number of rotatable bonds is 5. The largest absolute Gasteiger partial charge is 0.392 e. The molecular weight excluding hydrogens is 198 g/mol. The van der Waals surface area contributed by atoms with E-state index < -0.39 is 0 Å². The van der Waals surface area contributed by atoms with Crippen LogP contribution in [-0.2, 0) is 0 Å². The number of aliphatic hydroxyl groups excluding tert-OH is 1. The van der Waals surface area contributed by atoms with Crippen LogP contribution >= 0.6 is 0 Å². The van der Waals surface area contributed by atoms with Gasteiger partial charge >= 0.3 is 0 Å². The minimum atomic E-state index is -0.218. The summed E-state index contributed by atoms with van der Waals surface area (Å²) in [6, 6.07) is 0.638. The van der Waals surface area contributed by atoms with E-state index in [1.165, 1.54) is 32.1 Å². The normalized spacial score (nSPS) is 29.1. The summed E-state index contributed by atoms with van der Waals surface area (Å²) < 4.78 is 0. The molecule has 1 saturated carbocycles. The molecule has 1 atom stereocenters. The highest BCUT2D eigenvalue weighted by atomic mass is 16.3. The highest BCUT2D eigenvalue weighted by Crippen LogP contribution is 2.40. The molecule has 0 aromatic heterocycles. The molecule has 1 aliphatic carbocycles. The van der Waals surface area contributed by atoms with Crippen molar-refractivity contribution >= 4 is 0 Å². The van der Waals surface area contributed by atoms with Crippen molar-refractivity contribution in [3.05, 3.63) is 0 Å². The topological polar surface area (TPSA) is 32.3 Å². The second-order valence-electron chi connectivity index (χ2n) is 6.15. The van der Waals surface area contributed by atoms with E-state index in [-0.39, 0.29) is 6.10 Å². The van der Waals surface area contributed by atoms with Crippen LogP contribution in [0.25, 0.3) is 0 Å². The van der Waals surface area contributed by atoms with Gasteiger partial charge < -0.3 is 10.4 Å². The molecule has 0 aromatic carbocycles. The lowest BCUT2D eigenvalue weighted by molar-refractivity contribution is 0.128. The van der Waals surface area contributed by atoms with Crippen molar-refractivity contribution in [1.29, 1.82) is 0 Å². The highest BCUT2D eigenvalue weighted by molar-refractivity contribution is 4.85. The van der Waals surface area contributed by atoms with E-state index >= 15 is 0 Å². The highest BCUT2D eigenvalue weighted by Gasteiger charge is 2.31. The molecule has 0 aromatic rings. The van der Waals surface area contributed by atoms with Crippen molar-refractivity contribution in [2.75, 3.05) is 6.54 Å². The van der Waals surface area contributed by atoms with Crippen LogP contribution in [0.5, 0.6) is 0 Å². The summed E-state index contributed by atoms with van der Waals surface area (Å²) in [5, 5.41) is 12.7.